The van der Waals surface area contributed by atoms with Crippen molar-refractivity contribution in [2.45, 2.75) is 13.0 Å². The van der Waals surface area contributed by atoms with E-state index in [0.29, 0.717) is 10.6 Å². The van der Waals surface area contributed by atoms with Crippen LogP contribution in [0.1, 0.15) is 18.5 Å². The van der Waals surface area contributed by atoms with Gasteiger partial charge in [-0.2, -0.15) is 0 Å². The van der Waals surface area contributed by atoms with Crippen LogP contribution < -0.4 is 5.32 Å². The molecule has 0 aliphatic heterocycles. The molecule has 2 aromatic rings. The number of rotatable bonds is 3. The van der Waals surface area contributed by atoms with Gasteiger partial charge in [-0.3, -0.25) is 0 Å². The van der Waals surface area contributed by atoms with Gasteiger partial charge in [0.2, 0.25) is 0 Å². The van der Waals surface area contributed by atoms with E-state index in [1.807, 2.05) is 19.1 Å². The molecule has 0 aromatic heterocycles. The second-order valence-corrected chi connectivity index (χ2v) is 5.46. The van der Waals surface area contributed by atoms with Crippen molar-refractivity contribution in [1.82, 2.24) is 0 Å². The van der Waals surface area contributed by atoms with Crippen LogP contribution in [0.4, 0.5) is 14.5 Å². The lowest BCUT2D eigenvalue weighted by Gasteiger charge is -2.16. The minimum atomic E-state index is -0.586. The molecular formula is C14H11BrClF2N. The Morgan fingerprint density at radius 3 is 2.32 bits per heavy atom. The van der Waals surface area contributed by atoms with E-state index in [1.54, 1.807) is 6.07 Å². The molecule has 2 rings (SSSR count). The highest BCUT2D eigenvalue weighted by molar-refractivity contribution is 9.10. The predicted octanol–water partition coefficient (Wildman–Crippen LogP) is 5.55. The molecule has 0 saturated heterocycles. The van der Waals surface area contributed by atoms with E-state index in [2.05, 4.69) is 21.2 Å². The first-order chi connectivity index (χ1) is 8.95. The van der Waals surface area contributed by atoms with Crippen molar-refractivity contribution in [3.63, 3.8) is 0 Å². The Hall–Kier alpha value is -1.13. The highest BCUT2D eigenvalue weighted by atomic mass is 79.9. The number of nitrogens with one attached hydrogen (secondary N) is 1. The van der Waals surface area contributed by atoms with Crippen molar-refractivity contribution in [2.75, 3.05) is 5.32 Å². The third-order valence-electron chi connectivity index (χ3n) is 2.69. The SMILES string of the molecule is CC(Nc1ccc(Br)c(Cl)c1)c1cc(F)cc(F)c1. The molecule has 1 N–H and O–H groups in total. The lowest BCUT2D eigenvalue weighted by atomic mass is 10.1. The summed E-state index contributed by atoms with van der Waals surface area (Å²) in [6.07, 6.45) is 0. The molecule has 5 heteroatoms. The molecule has 0 bridgehead atoms. The Balaban J connectivity index is 2.20. The van der Waals surface area contributed by atoms with Crippen LogP contribution in [0.5, 0.6) is 0 Å². The van der Waals surface area contributed by atoms with E-state index >= 15 is 0 Å². The highest BCUT2D eigenvalue weighted by Crippen LogP contribution is 2.28. The summed E-state index contributed by atoms with van der Waals surface area (Å²) in [4.78, 5) is 0. The van der Waals surface area contributed by atoms with E-state index in [-0.39, 0.29) is 6.04 Å². The van der Waals surface area contributed by atoms with E-state index in [9.17, 15) is 8.78 Å². The summed E-state index contributed by atoms with van der Waals surface area (Å²) in [5.74, 6) is -1.17. The Bertz CT molecular complexity index is 584. The molecule has 1 atom stereocenters. The molecule has 0 aliphatic carbocycles. The molecule has 0 saturated carbocycles. The van der Waals surface area contributed by atoms with Gasteiger partial charge in [0.1, 0.15) is 11.6 Å². The fourth-order valence-electron chi connectivity index (χ4n) is 1.74. The number of hydrogen-bond acceptors (Lipinski definition) is 1. The normalized spacial score (nSPS) is 12.3. The maximum atomic E-state index is 13.1. The second kappa shape index (κ2) is 5.88. The van der Waals surface area contributed by atoms with E-state index < -0.39 is 11.6 Å². The third kappa shape index (κ3) is 3.67. The van der Waals surface area contributed by atoms with Crippen LogP contribution in [0.2, 0.25) is 5.02 Å². The Labute approximate surface area is 123 Å². The van der Waals surface area contributed by atoms with E-state index in [0.717, 1.165) is 16.2 Å². The monoisotopic (exact) mass is 345 g/mol. The highest BCUT2D eigenvalue weighted by Gasteiger charge is 2.09. The summed E-state index contributed by atoms with van der Waals surface area (Å²) < 4.78 is 27.1. The van der Waals surface area contributed by atoms with Crippen LogP contribution in [-0.2, 0) is 0 Å². The summed E-state index contributed by atoms with van der Waals surface area (Å²) in [7, 11) is 0. The molecule has 0 spiro atoms. The number of halogens is 4. The van der Waals surface area contributed by atoms with Gasteiger partial charge in [0.25, 0.3) is 0 Å². The third-order valence-corrected chi connectivity index (χ3v) is 3.92. The van der Waals surface area contributed by atoms with Crippen LogP contribution in [0.3, 0.4) is 0 Å². The number of anilines is 1. The summed E-state index contributed by atoms with van der Waals surface area (Å²) in [6, 6.07) is 8.63. The average Bonchev–Trinajstić information content (AvgIpc) is 2.32. The van der Waals surface area contributed by atoms with Crippen molar-refractivity contribution in [3.05, 3.63) is 63.1 Å². The van der Waals surface area contributed by atoms with Gasteiger partial charge in [0.15, 0.2) is 0 Å². The maximum absolute atomic E-state index is 13.1. The first-order valence-electron chi connectivity index (χ1n) is 5.63. The Morgan fingerprint density at radius 1 is 1.11 bits per heavy atom. The van der Waals surface area contributed by atoms with Crippen LogP contribution in [-0.4, -0.2) is 0 Å². The standard InChI is InChI=1S/C14H11BrClF2N/c1-8(9-4-10(17)6-11(18)5-9)19-12-2-3-13(15)14(16)7-12/h2-8,19H,1H3. The van der Waals surface area contributed by atoms with Crippen molar-refractivity contribution < 1.29 is 8.78 Å². The molecule has 100 valence electrons. The number of hydrogen-bond donors (Lipinski definition) is 1. The van der Waals surface area contributed by atoms with Crippen molar-refractivity contribution in [3.8, 4) is 0 Å². The second-order valence-electron chi connectivity index (χ2n) is 4.20. The quantitative estimate of drug-likeness (QED) is 0.768. The molecule has 19 heavy (non-hydrogen) atoms. The molecule has 0 amide bonds. The molecule has 1 unspecified atom stereocenters. The topological polar surface area (TPSA) is 12.0 Å². The van der Waals surface area contributed by atoms with Crippen LogP contribution in [0.25, 0.3) is 0 Å². The zero-order valence-corrected chi connectivity index (χ0v) is 12.4. The van der Waals surface area contributed by atoms with E-state index in [1.165, 1.54) is 12.1 Å². The average molecular weight is 347 g/mol. The van der Waals surface area contributed by atoms with Crippen molar-refractivity contribution in [2.24, 2.45) is 0 Å². The van der Waals surface area contributed by atoms with Gasteiger partial charge >= 0.3 is 0 Å². The molecule has 2 aromatic carbocycles. The first kappa shape index (κ1) is 14.3. The fourth-order valence-corrected chi connectivity index (χ4v) is 2.17. The summed E-state index contributed by atoms with van der Waals surface area (Å²) in [6.45, 7) is 1.82. The Kier molecular flexibility index (Phi) is 4.42. The smallest absolute Gasteiger partial charge is 0.126 e. The van der Waals surface area contributed by atoms with Gasteiger partial charge in [-0.15, -0.1) is 0 Å². The van der Waals surface area contributed by atoms with Crippen LogP contribution in [0.15, 0.2) is 40.9 Å². The van der Waals surface area contributed by atoms with Gasteiger partial charge in [-0.05, 0) is 58.7 Å². The largest absolute Gasteiger partial charge is 0.378 e. The lowest BCUT2D eigenvalue weighted by molar-refractivity contribution is 0.577. The van der Waals surface area contributed by atoms with Gasteiger partial charge < -0.3 is 5.32 Å². The minimum Gasteiger partial charge on any atom is -0.378 e. The predicted molar refractivity (Wildman–Crippen MR) is 77.5 cm³/mol. The molecule has 0 fully saturated rings. The minimum absolute atomic E-state index is 0.234. The zero-order chi connectivity index (χ0) is 14.0. The van der Waals surface area contributed by atoms with Crippen LogP contribution in [0, 0.1) is 11.6 Å². The molecular weight excluding hydrogens is 336 g/mol. The van der Waals surface area contributed by atoms with Gasteiger partial charge in [0, 0.05) is 22.3 Å². The van der Waals surface area contributed by atoms with Gasteiger partial charge in [-0.1, -0.05) is 11.6 Å². The molecule has 0 aliphatic rings. The fraction of sp³-hybridized carbons (Fsp3) is 0.143. The van der Waals surface area contributed by atoms with Gasteiger partial charge in [0.05, 0.1) is 5.02 Å². The lowest BCUT2D eigenvalue weighted by Crippen LogP contribution is -2.07. The molecule has 0 radical (unpaired) electrons. The zero-order valence-electron chi connectivity index (χ0n) is 10.1. The van der Waals surface area contributed by atoms with Crippen molar-refractivity contribution >= 4 is 33.2 Å². The molecule has 1 nitrogen and oxygen atoms in total. The van der Waals surface area contributed by atoms with Crippen molar-refractivity contribution in [1.29, 1.82) is 0 Å². The Morgan fingerprint density at radius 2 is 1.74 bits per heavy atom. The molecule has 0 heterocycles. The summed E-state index contributed by atoms with van der Waals surface area (Å²) >= 11 is 9.29. The number of benzene rings is 2. The summed E-state index contributed by atoms with van der Waals surface area (Å²) in [5.41, 5.74) is 1.32. The summed E-state index contributed by atoms with van der Waals surface area (Å²) in [5, 5.41) is 3.71. The maximum Gasteiger partial charge on any atom is 0.126 e. The van der Waals surface area contributed by atoms with Gasteiger partial charge in [-0.25, -0.2) is 8.78 Å². The van der Waals surface area contributed by atoms with E-state index in [4.69, 9.17) is 11.6 Å². The first-order valence-corrected chi connectivity index (χ1v) is 6.80. The van der Waals surface area contributed by atoms with Crippen LogP contribution >= 0.6 is 27.5 Å².